The van der Waals surface area contributed by atoms with E-state index in [1.54, 1.807) is 24.0 Å². The van der Waals surface area contributed by atoms with Crippen LogP contribution in [0.1, 0.15) is 72.4 Å². The molecule has 1 heterocycles. The summed E-state index contributed by atoms with van der Waals surface area (Å²) in [6.07, 6.45) is 2.17. The summed E-state index contributed by atoms with van der Waals surface area (Å²) in [5.41, 5.74) is 2.54. The van der Waals surface area contributed by atoms with Gasteiger partial charge in [-0.1, -0.05) is 46.8 Å². The summed E-state index contributed by atoms with van der Waals surface area (Å²) < 4.78 is 10.4. The molecule has 0 aliphatic carbocycles. The van der Waals surface area contributed by atoms with Gasteiger partial charge >= 0.3 is 12.0 Å². The number of allylic oxidation sites excluding steroid dienone is 1. The molecule has 0 radical (unpaired) electrons. The van der Waals surface area contributed by atoms with Crippen molar-refractivity contribution in [3.63, 3.8) is 0 Å². The number of amides is 3. The molecule has 0 fully saturated rings. The Morgan fingerprint density at radius 1 is 1.17 bits per heavy atom. The maximum Gasteiger partial charge on any atom is 0.338 e. The summed E-state index contributed by atoms with van der Waals surface area (Å²) in [7, 11) is 1.54. The quantitative estimate of drug-likeness (QED) is 0.337. The number of rotatable bonds is 11. The third kappa shape index (κ3) is 8.38. The van der Waals surface area contributed by atoms with Crippen molar-refractivity contribution in [2.45, 2.75) is 66.8 Å². The van der Waals surface area contributed by atoms with Crippen molar-refractivity contribution in [2.75, 3.05) is 32.2 Å². The number of nitrogens with one attached hydrogen (secondary N) is 2. The SMILES string of the molecule is CCCN1C(=O)NC(c2ccc(NC(=O)CC(C)CC(C)(C)C)cc2)C(C(=O)OCCOC)=C1C. The predicted molar refractivity (Wildman–Crippen MR) is 137 cm³/mol. The van der Waals surface area contributed by atoms with Gasteiger partial charge < -0.3 is 20.1 Å². The van der Waals surface area contributed by atoms with Crippen molar-refractivity contribution in [3.05, 3.63) is 41.1 Å². The van der Waals surface area contributed by atoms with Gasteiger partial charge in [-0.15, -0.1) is 0 Å². The molecule has 2 N–H and O–H groups in total. The van der Waals surface area contributed by atoms with E-state index in [-0.39, 0.29) is 36.5 Å². The number of carbonyl (C=O) groups excluding carboxylic acids is 3. The van der Waals surface area contributed by atoms with Gasteiger partial charge in [0.2, 0.25) is 5.91 Å². The molecule has 2 atom stereocenters. The fraction of sp³-hybridized carbons (Fsp3) is 0.593. The summed E-state index contributed by atoms with van der Waals surface area (Å²) in [4.78, 5) is 39.8. The minimum atomic E-state index is -0.651. The first-order valence-corrected chi connectivity index (χ1v) is 12.3. The van der Waals surface area contributed by atoms with Gasteiger partial charge in [0.1, 0.15) is 6.61 Å². The van der Waals surface area contributed by atoms with E-state index in [1.807, 2.05) is 19.1 Å². The fourth-order valence-electron chi connectivity index (χ4n) is 4.49. The zero-order valence-electron chi connectivity index (χ0n) is 22.2. The van der Waals surface area contributed by atoms with E-state index in [1.165, 1.54) is 7.11 Å². The minimum absolute atomic E-state index is 0.0335. The van der Waals surface area contributed by atoms with E-state index in [2.05, 4.69) is 38.3 Å². The van der Waals surface area contributed by atoms with Crippen molar-refractivity contribution >= 4 is 23.6 Å². The average molecular weight is 488 g/mol. The normalized spacial score (nSPS) is 17.2. The number of nitrogens with zero attached hydrogens (tertiary/aromatic N) is 1. The Morgan fingerprint density at radius 2 is 1.83 bits per heavy atom. The first kappa shape index (κ1) is 28.4. The maximum atomic E-state index is 13.0. The molecule has 3 amide bonds. The minimum Gasteiger partial charge on any atom is -0.460 e. The fourth-order valence-corrected chi connectivity index (χ4v) is 4.49. The number of anilines is 1. The summed E-state index contributed by atoms with van der Waals surface area (Å²) in [6, 6.07) is 6.29. The van der Waals surface area contributed by atoms with E-state index < -0.39 is 12.0 Å². The highest BCUT2D eigenvalue weighted by Crippen LogP contribution is 2.32. The Bertz CT molecular complexity index is 918. The number of hydrogen-bond donors (Lipinski definition) is 2. The van der Waals surface area contributed by atoms with Crippen molar-refractivity contribution in [3.8, 4) is 0 Å². The second-order valence-electron chi connectivity index (χ2n) is 10.4. The Labute approximate surface area is 209 Å². The van der Waals surface area contributed by atoms with Crippen LogP contribution in [0.25, 0.3) is 0 Å². The number of urea groups is 1. The third-order valence-electron chi connectivity index (χ3n) is 5.81. The summed E-state index contributed by atoms with van der Waals surface area (Å²) in [5.74, 6) is -0.248. The Balaban J connectivity index is 2.20. The van der Waals surface area contributed by atoms with Gasteiger partial charge in [-0.2, -0.15) is 0 Å². The van der Waals surface area contributed by atoms with Crippen LogP contribution in [-0.2, 0) is 19.1 Å². The molecule has 35 heavy (non-hydrogen) atoms. The molecular weight excluding hydrogens is 446 g/mol. The Hall–Kier alpha value is -2.87. The molecule has 194 valence electrons. The van der Waals surface area contributed by atoms with Crippen LogP contribution in [-0.4, -0.2) is 49.7 Å². The van der Waals surface area contributed by atoms with Gasteiger partial charge in [-0.05, 0) is 48.8 Å². The summed E-state index contributed by atoms with van der Waals surface area (Å²) in [6.45, 7) is 13.2. The monoisotopic (exact) mass is 487 g/mol. The van der Waals surface area contributed by atoms with Gasteiger partial charge in [-0.25, -0.2) is 9.59 Å². The molecule has 1 aromatic carbocycles. The first-order valence-electron chi connectivity index (χ1n) is 12.3. The third-order valence-corrected chi connectivity index (χ3v) is 5.81. The Morgan fingerprint density at radius 3 is 2.40 bits per heavy atom. The van der Waals surface area contributed by atoms with Gasteiger partial charge in [0.15, 0.2) is 0 Å². The lowest BCUT2D eigenvalue weighted by Gasteiger charge is -2.35. The van der Waals surface area contributed by atoms with Crippen molar-refractivity contribution < 1.29 is 23.9 Å². The highest BCUT2D eigenvalue weighted by atomic mass is 16.6. The van der Waals surface area contributed by atoms with Crippen LogP contribution >= 0.6 is 0 Å². The molecule has 0 spiro atoms. The van der Waals surface area contributed by atoms with Crippen LogP contribution < -0.4 is 10.6 Å². The van der Waals surface area contributed by atoms with Gasteiger partial charge in [0.05, 0.1) is 18.2 Å². The van der Waals surface area contributed by atoms with Gasteiger partial charge in [-0.3, -0.25) is 9.69 Å². The molecule has 0 bridgehead atoms. The van der Waals surface area contributed by atoms with E-state index in [0.29, 0.717) is 29.9 Å². The summed E-state index contributed by atoms with van der Waals surface area (Å²) in [5, 5.41) is 5.88. The lowest BCUT2D eigenvalue weighted by molar-refractivity contribution is -0.141. The number of carbonyl (C=O) groups is 3. The molecule has 1 aliphatic heterocycles. The second-order valence-corrected chi connectivity index (χ2v) is 10.4. The highest BCUT2D eigenvalue weighted by Gasteiger charge is 2.36. The average Bonchev–Trinajstić information content (AvgIpc) is 2.75. The van der Waals surface area contributed by atoms with E-state index >= 15 is 0 Å². The van der Waals surface area contributed by atoms with E-state index in [9.17, 15) is 14.4 Å². The number of hydrogen-bond acceptors (Lipinski definition) is 5. The second kappa shape index (κ2) is 12.7. The van der Waals surface area contributed by atoms with Crippen LogP contribution in [0.2, 0.25) is 0 Å². The van der Waals surface area contributed by atoms with E-state index in [0.717, 1.165) is 18.4 Å². The molecular formula is C27H41N3O5. The van der Waals surface area contributed by atoms with E-state index in [4.69, 9.17) is 9.47 Å². The van der Waals surface area contributed by atoms with Crippen LogP contribution in [0.5, 0.6) is 0 Å². The predicted octanol–water partition coefficient (Wildman–Crippen LogP) is 5.03. The van der Waals surface area contributed by atoms with Crippen LogP contribution in [0.15, 0.2) is 35.5 Å². The zero-order valence-corrected chi connectivity index (χ0v) is 22.2. The molecule has 2 unspecified atom stereocenters. The van der Waals surface area contributed by atoms with Crippen LogP contribution in [0.3, 0.4) is 0 Å². The van der Waals surface area contributed by atoms with Crippen LogP contribution in [0, 0.1) is 11.3 Å². The molecule has 1 aromatic rings. The van der Waals surface area contributed by atoms with Gasteiger partial charge in [0.25, 0.3) is 0 Å². The van der Waals surface area contributed by atoms with Crippen molar-refractivity contribution in [1.29, 1.82) is 0 Å². The largest absolute Gasteiger partial charge is 0.460 e. The number of methoxy groups -OCH3 is 1. The molecule has 0 saturated carbocycles. The zero-order chi connectivity index (χ0) is 26.2. The topological polar surface area (TPSA) is 97.0 Å². The first-order chi connectivity index (χ1) is 16.5. The highest BCUT2D eigenvalue weighted by molar-refractivity contribution is 5.95. The van der Waals surface area contributed by atoms with Crippen LogP contribution in [0.4, 0.5) is 10.5 Å². The summed E-state index contributed by atoms with van der Waals surface area (Å²) >= 11 is 0. The molecule has 2 rings (SSSR count). The number of ether oxygens (including phenoxy) is 2. The molecule has 8 heteroatoms. The molecule has 0 saturated heterocycles. The number of benzene rings is 1. The molecule has 8 nitrogen and oxygen atoms in total. The Kier molecular flexibility index (Phi) is 10.3. The molecule has 0 aromatic heterocycles. The maximum absolute atomic E-state index is 13.0. The van der Waals surface area contributed by atoms with Crippen molar-refractivity contribution in [2.24, 2.45) is 11.3 Å². The standard InChI is InChI=1S/C27H41N3O5/c1-8-13-30-19(3)23(25(32)35-15-14-34-7)24(29-26(30)33)20-9-11-21(12-10-20)28-22(31)16-18(2)17-27(4,5)6/h9-12,18,24H,8,13-17H2,1-7H3,(H,28,31)(H,29,33). The lowest BCUT2D eigenvalue weighted by Crippen LogP contribution is -2.48. The number of esters is 1. The smallest absolute Gasteiger partial charge is 0.338 e. The lowest BCUT2D eigenvalue weighted by atomic mass is 9.84. The molecule has 1 aliphatic rings. The van der Waals surface area contributed by atoms with Crippen molar-refractivity contribution in [1.82, 2.24) is 10.2 Å². The van der Waals surface area contributed by atoms with Gasteiger partial charge in [0, 0.05) is 31.5 Å².